The molecule has 2 rings (SSSR count). The maximum atomic E-state index is 9.76. The van der Waals surface area contributed by atoms with Crippen LogP contribution in [0.25, 0.3) is 0 Å². The van der Waals surface area contributed by atoms with Crippen molar-refractivity contribution in [2.24, 2.45) is 0 Å². The van der Waals surface area contributed by atoms with Crippen LogP contribution in [0.2, 0.25) is 0 Å². The Morgan fingerprint density at radius 1 is 1.25 bits per heavy atom. The highest BCUT2D eigenvalue weighted by Gasteiger charge is 2.13. The molecular formula is C16H25NO3. The average Bonchev–Trinajstić information content (AvgIpc) is 2.50. The summed E-state index contributed by atoms with van der Waals surface area (Å²) >= 11 is 0. The fourth-order valence-corrected chi connectivity index (χ4v) is 2.58. The molecule has 4 nitrogen and oxygen atoms in total. The summed E-state index contributed by atoms with van der Waals surface area (Å²) in [5.74, 6) is 1.06. The summed E-state index contributed by atoms with van der Waals surface area (Å²) in [4.78, 5) is 0. The molecule has 4 heteroatoms. The molecule has 20 heavy (non-hydrogen) atoms. The van der Waals surface area contributed by atoms with Gasteiger partial charge in [0.15, 0.2) is 0 Å². The highest BCUT2D eigenvalue weighted by molar-refractivity contribution is 5.39. The van der Waals surface area contributed by atoms with Crippen molar-refractivity contribution in [3.05, 3.63) is 23.8 Å². The summed E-state index contributed by atoms with van der Waals surface area (Å²) in [6, 6.07) is 5.27. The van der Waals surface area contributed by atoms with Gasteiger partial charge in [-0.15, -0.1) is 0 Å². The fraction of sp³-hybridized carbons (Fsp3) is 0.625. The highest BCUT2D eigenvalue weighted by atomic mass is 16.5. The van der Waals surface area contributed by atoms with Crippen LogP contribution in [0.5, 0.6) is 11.5 Å². The van der Waals surface area contributed by atoms with Crippen molar-refractivity contribution in [1.29, 1.82) is 0 Å². The van der Waals surface area contributed by atoms with Crippen LogP contribution in [0.15, 0.2) is 18.2 Å². The number of phenolic OH excluding ortho intramolecular Hbond substituents is 1. The van der Waals surface area contributed by atoms with Crippen LogP contribution in [-0.2, 0) is 11.3 Å². The zero-order chi connectivity index (χ0) is 14.2. The third-order valence-corrected chi connectivity index (χ3v) is 3.79. The van der Waals surface area contributed by atoms with Crippen LogP contribution >= 0.6 is 0 Å². The predicted octanol–water partition coefficient (Wildman–Crippen LogP) is 2.84. The summed E-state index contributed by atoms with van der Waals surface area (Å²) in [7, 11) is 1.63. The monoisotopic (exact) mass is 279 g/mol. The van der Waals surface area contributed by atoms with E-state index in [1.165, 1.54) is 32.1 Å². The van der Waals surface area contributed by atoms with E-state index in [1.807, 2.05) is 6.07 Å². The van der Waals surface area contributed by atoms with Gasteiger partial charge in [-0.25, -0.2) is 0 Å². The highest BCUT2D eigenvalue weighted by Crippen LogP contribution is 2.22. The Balaban J connectivity index is 1.65. The summed E-state index contributed by atoms with van der Waals surface area (Å²) in [5, 5.41) is 13.1. The van der Waals surface area contributed by atoms with Crippen LogP contribution in [-0.4, -0.2) is 31.5 Å². The maximum absolute atomic E-state index is 9.76. The van der Waals surface area contributed by atoms with E-state index in [2.05, 4.69) is 5.32 Å². The molecule has 1 saturated carbocycles. The first-order chi connectivity index (χ1) is 9.79. The molecule has 1 aliphatic rings. The Hall–Kier alpha value is -1.26. The topological polar surface area (TPSA) is 50.7 Å². The Labute approximate surface area is 121 Å². The lowest BCUT2D eigenvalue weighted by molar-refractivity contribution is 0.0302. The molecule has 1 fully saturated rings. The predicted molar refractivity (Wildman–Crippen MR) is 79.2 cm³/mol. The van der Waals surface area contributed by atoms with Crippen molar-refractivity contribution >= 4 is 0 Å². The van der Waals surface area contributed by atoms with E-state index in [1.54, 1.807) is 19.2 Å². The maximum Gasteiger partial charge on any atom is 0.120 e. The van der Waals surface area contributed by atoms with Gasteiger partial charge < -0.3 is 19.9 Å². The van der Waals surface area contributed by atoms with E-state index in [4.69, 9.17) is 9.47 Å². The average molecular weight is 279 g/mol. The number of aromatic hydroxyl groups is 1. The molecule has 0 aromatic heterocycles. The van der Waals surface area contributed by atoms with Gasteiger partial charge >= 0.3 is 0 Å². The van der Waals surface area contributed by atoms with Crippen molar-refractivity contribution in [2.45, 2.75) is 44.8 Å². The summed E-state index contributed by atoms with van der Waals surface area (Å²) in [6.45, 7) is 2.15. The standard InChI is InChI=1S/C16H25NO3/c1-19-15-7-8-16(18)13(11-15)12-17-9-10-20-14-5-3-2-4-6-14/h7-8,11,14,17-18H,2-6,9-10,12H2,1H3. The first-order valence-electron chi connectivity index (χ1n) is 7.48. The van der Waals surface area contributed by atoms with Gasteiger partial charge in [0, 0.05) is 18.7 Å². The lowest BCUT2D eigenvalue weighted by atomic mass is 9.98. The number of ether oxygens (including phenoxy) is 2. The van der Waals surface area contributed by atoms with Gasteiger partial charge in [-0.2, -0.15) is 0 Å². The van der Waals surface area contributed by atoms with Gasteiger partial charge in [0.05, 0.1) is 19.8 Å². The van der Waals surface area contributed by atoms with Crippen LogP contribution < -0.4 is 10.1 Å². The number of rotatable bonds is 7. The molecule has 2 N–H and O–H groups in total. The molecule has 0 unspecified atom stereocenters. The second kappa shape index (κ2) is 8.12. The second-order valence-electron chi connectivity index (χ2n) is 5.30. The van der Waals surface area contributed by atoms with Crippen molar-refractivity contribution in [3.8, 4) is 11.5 Å². The van der Waals surface area contributed by atoms with E-state index < -0.39 is 0 Å². The largest absolute Gasteiger partial charge is 0.508 e. The lowest BCUT2D eigenvalue weighted by Gasteiger charge is -2.22. The lowest BCUT2D eigenvalue weighted by Crippen LogP contribution is -2.24. The van der Waals surface area contributed by atoms with Crippen molar-refractivity contribution in [1.82, 2.24) is 5.32 Å². The molecule has 1 aliphatic carbocycles. The molecule has 0 radical (unpaired) electrons. The summed E-state index contributed by atoms with van der Waals surface area (Å²) < 4.78 is 11.0. The van der Waals surface area contributed by atoms with Crippen molar-refractivity contribution in [3.63, 3.8) is 0 Å². The van der Waals surface area contributed by atoms with Crippen molar-refractivity contribution in [2.75, 3.05) is 20.3 Å². The van der Waals surface area contributed by atoms with Crippen LogP contribution in [0, 0.1) is 0 Å². The van der Waals surface area contributed by atoms with E-state index in [0.717, 1.165) is 24.5 Å². The zero-order valence-electron chi connectivity index (χ0n) is 12.2. The quantitative estimate of drug-likeness (QED) is 0.754. The van der Waals surface area contributed by atoms with E-state index in [-0.39, 0.29) is 0 Å². The number of benzene rings is 1. The molecular weight excluding hydrogens is 254 g/mol. The van der Waals surface area contributed by atoms with Crippen LogP contribution in [0.1, 0.15) is 37.7 Å². The summed E-state index contributed by atoms with van der Waals surface area (Å²) in [6.07, 6.45) is 6.82. The van der Waals surface area contributed by atoms with E-state index >= 15 is 0 Å². The van der Waals surface area contributed by atoms with Gasteiger partial charge in [0.1, 0.15) is 11.5 Å². The smallest absolute Gasteiger partial charge is 0.120 e. The molecule has 0 saturated heterocycles. The summed E-state index contributed by atoms with van der Waals surface area (Å²) in [5.41, 5.74) is 0.849. The third-order valence-electron chi connectivity index (χ3n) is 3.79. The molecule has 1 aromatic carbocycles. The molecule has 0 heterocycles. The Kier molecular flexibility index (Phi) is 6.15. The van der Waals surface area contributed by atoms with Gasteiger partial charge in [0.2, 0.25) is 0 Å². The molecule has 1 aromatic rings. The van der Waals surface area contributed by atoms with Gasteiger partial charge in [-0.3, -0.25) is 0 Å². The fourth-order valence-electron chi connectivity index (χ4n) is 2.58. The third kappa shape index (κ3) is 4.69. The molecule has 112 valence electrons. The number of phenols is 1. The Morgan fingerprint density at radius 3 is 2.80 bits per heavy atom. The van der Waals surface area contributed by atoms with Crippen molar-refractivity contribution < 1.29 is 14.6 Å². The number of hydrogen-bond donors (Lipinski definition) is 2. The zero-order valence-corrected chi connectivity index (χ0v) is 12.2. The molecule has 0 aliphatic heterocycles. The minimum absolute atomic E-state index is 0.298. The normalized spacial score (nSPS) is 16.2. The SMILES string of the molecule is COc1ccc(O)c(CNCCOC2CCCCC2)c1. The number of nitrogens with one attached hydrogen (secondary N) is 1. The van der Waals surface area contributed by atoms with E-state index in [9.17, 15) is 5.11 Å². The minimum Gasteiger partial charge on any atom is -0.508 e. The first-order valence-corrected chi connectivity index (χ1v) is 7.48. The van der Waals surface area contributed by atoms with E-state index in [0.29, 0.717) is 18.4 Å². The Morgan fingerprint density at radius 2 is 2.05 bits per heavy atom. The van der Waals surface area contributed by atoms with Crippen LogP contribution in [0.3, 0.4) is 0 Å². The van der Waals surface area contributed by atoms with Gasteiger partial charge in [0.25, 0.3) is 0 Å². The first kappa shape index (κ1) is 15.1. The Bertz CT molecular complexity index is 403. The van der Waals surface area contributed by atoms with Gasteiger partial charge in [-0.1, -0.05) is 19.3 Å². The van der Waals surface area contributed by atoms with Gasteiger partial charge in [-0.05, 0) is 31.0 Å². The van der Waals surface area contributed by atoms with Crippen LogP contribution in [0.4, 0.5) is 0 Å². The molecule has 0 spiro atoms. The molecule has 0 atom stereocenters. The second-order valence-corrected chi connectivity index (χ2v) is 5.30. The number of hydrogen-bond acceptors (Lipinski definition) is 4. The minimum atomic E-state index is 0.298. The number of methoxy groups -OCH3 is 1. The molecule has 0 bridgehead atoms. The molecule has 0 amide bonds.